The molecule has 0 aliphatic rings. The Kier molecular flexibility index (Phi) is 6.29. The Bertz CT molecular complexity index is 410. The van der Waals surface area contributed by atoms with E-state index < -0.39 is 0 Å². The molecule has 1 amide bonds. The first kappa shape index (κ1) is 16.0. The van der Waals surface area contributed by atoms with Gasteiger partial charge in [-0.25, -0.2) is 4.98 Å². The SMILES string of the molecule is CCC(CC)CN(CC)C(=O)c1cc(C)nc(Cl)c1. The molecule has 1 heterocycles. The second kappa shape index (κ2) is 7.49. The lowest BCUT2D eigenvalue weighted by Crippen LogP contribution is -2.35. The molecule has 19 heavy (non-hydrogen) atoms. The molecule has 0 atom stereocenters. The van der Waals surface area contributed by atoms with Crippen molar-refractivity contribution >= 4 is 17.5 Å². The fourth-order valence-electron chi connectivity index (χ4n) is 2.15. The van der Waals surface area contributed by atoms with E-state index in [0.29, 0.717) is 23.2 Å². The number of amides is 1. The van der Waals surface area contributed by atoms with Gasteiger partial charge in [0.15, 0.2) is 0 Å². The van der Waals surface area contributed by atoms with Crippen molar-refractivity contribution in [3.05, 3.63) is 28.5 Å². The second-order valence-corrected chi connectivity index (χ2v) is 5.23. The number of nitrogens with zero attached hydrogens (tertiary/aromatic N) is 2. The molecule has 0 saturated heterocycles. The fourth-order valence-corrected chi connectivity index (χ4v) is 2.40. The first-order chi connectivity index (χ1) is 9.01. The van der Waals surface area contributed by atoms with Crippen molar-refractivity contribution in [2.75, 3.05) is 13.1 Å². The molecule has 4 heteroatoms. The van der Waals surface area contributed by atoms with Crippen LogP contribution in [0.1, 0.15) is 49.7 Å². The van der Waals surface area contributed by atoms with Crippen molar-refractivity contribution < 1.29 is 4.79 Å². The van der Waals surface area contributed by atoms with E-state index in [9.17, 15) is 4.79 Å². The normalized spacial score (nSPS) is 10.8. The highest BCUT2D eigenvalue weighted by molar-refractivity contribution is 6.29. The molecule has 0 unspecified atom stereocenters. The maximum absolute atomic E-state index is 12.5. The zero-order valence-electron chi connectivity index (χ0n) is 12.2. The second-order valence-electron chi connectivity index (χ2n) is 4.85. The molecular weight excluding hydrogens is 260 g/mol. The summed E-state index contributed by atoms with van der Waals surface area (Å²) in [7, 11) is 0. The maximum atomic E-state index is 12.5. The highest BCUT2D eigenvalue weighted by Crippen LogP contribution is 2.15. The van der Waals surface area contributed by atoms with Gasteiger partial charge >= 0.3 is 0 Å². The molecular formula is C15H23ClN2O. The Balaban J connectivity index is 2.88. The zero-order valence-corrected chi connectivity index (χ0v) is 13.0. The van der Waals surface area contributed by atoms with Gasteiger partial charge in [-0.2, -0.15) is 0 Å². The summed E-state index contributed by atoms with van der Waals surface area (Å²) in [5.41, 5.74) is 1.40. The third-order valence-corrected chi connectivity index (χ3v) is 3.66. The van der Waals surface area contributed by atoms with Gasteiger partial charge in [0, 0.05) is 24.3 Å². The molecule has 0 N–H and O–H groups in total. The van der Waals surface area contributed by atoms with Crippen LogP contribution in [0, 0.1) is 12.8 Å². The van der Waals surface area contributed by atoms with E-state index in [1.165, 1.54) is 0 Å². The predicted molar refractivity (Wildman–Crippen MR) is 79.6 cm³/mol. The van der Waals surface area contributed by atoms with Gasteiger partial charge < -0.3 is 4.90 Å². The highest BCUT2D eigenvalue weighted by Gasteiger charge is 2.18. The minimum absolute atomic E-state index is 0.0433. The van der Waals surface area contributed by atoms with Crippen LogP contribution in [0.25, 0.3) is 0 Å². The van der Waals surface area contributed by atoms with Crippen molar-refractivity contribution in [2.45, 2.75) is 40.5 Å². The quantitative estimate of drug-likeness (QED) is 0.741. The summed E-state index contributed by atoms with van der Waals surface area (Å²) in [6.45, 7) is 9.71. The van der Waals surface area contributed by atoms with Crippen LogP contribution in [-0.4, -0.2) is 28.9 Å². The number of carbonyl (C=O) groups is 1. The summed E-state index contributed by atoms with van der Waals surface area (Å²) in [5, 5.41) is 0.377. The van der Waals surface area contributed by atoms with Gasteiger partial charge in [-0.1, -0.05) is 38.3 Å². The average molecular weight is 283 g/mol. The number of hydrogen-bond donors (Lipinski definition) is 0. The monoisotopic (exact) mass is 282 g/mol. The predicted octanol–water partition coefficient (Wildman–Crippen LogP) is 3.94. The first-order valence-corrected chi connectivity index (χ1v) is 7.33. The minimum atomic E-state index is 0.0433. The smallest absolute Gasteiger partial charge is 0.254 e. The average Bonchev–Trinajstić information content (AvgIpc) is 2.38. The molecule has 1 rings (SSSR count). The molecule has 0 bridgehead atoms. The molecule has 0 aliphatic heterocycles. The van der Waals surface area contributed by atoms with Gasteiger partial charge in [0.05, 0.1) is 0 Å². The molecule has 0 aliphatic carbocycles. The van der Waals surface area contributed by atoms with Crippen molar-refractivity contribution in [3.63, 3.8) is 0 Å². The number of halogens is 1. The van der Waals surface area contributed by atoms with Crippen molar-refractivity contribution in [2.24, 2.45) is 5.92 Å². The Morgan fingerprint density at radius 3 is 2.42 bits per heavy atom. The Morgan fingerprint density at radius 1 is 1.32 bits per heavy atom. The first-order valence-electron chi connectivity index (χ1n) is 6.95. The molecule has 106 valence electrons. The van der Waals surface area contributed by atoms with Crippen LogP contribution in [0.2, 0.25) is 5.15 Å². The number of aryl methyl sites for hydroxylation is 1. The summed E-state index contributed by atoms with van der Waals surface area (Å²) >= 11 is 5.92. The summed E-state index contributed by atoms with van der Waals surface area (Å²) < 4.78 is 0. The number of aromatic nitrogens is 1. The van der Waals surface area contributed by atoms with Crippen LogP contribution < -0.4 is 0 Å². The molecule has 3 nitrogen and oxygen atoms in total. The number of carbonyl (C=O) groups excluding carboxylic acids is 1. The van der Waals surface area contributed by atoms with Gasteiger partial charge in [0.25, 0.3) is 5.91 Å². The van der Waals surface area contributed by atoms with Crippen LogP contribution in [0.15, 0.2) is 12.1 Å². The maximum Gasteiger partial charge on any atom is 0.254 e. The molecule has 0 radical (unpaired) electrons. The molecule has 1 aromatic heterocycles. The molecule has 1 aromatic rings. The van der Waals surface area contributed by atoms with Crippen LogP contribution in [-0.2, 0) is 0 Å². The lowest BCUT2D eigenvalue weighted by atomic mass is 10.0. The lowest BCUT2D eigenvalue weighted by Gasteiger charge is -2.25. The largest absolute Gasteiger partial charge is 0.339 e. The van der Waals surface area contributed by atoms with E-state index in [4.69, 9.17) is 11.6 Å². The van der Waals surface area contributed by atoms with Gasteiger partial charge in [-0.3, -0.25) is 4.79 Å². The van der Waals surface area contributed by atoms with E-state index >= 15 is 0 Å². The minimum Gasteiger partial charge on any atom is -0.339 e. The van der Waals surface area contributed by atoms with Gasteiger partial charge in [-0.05, 0) is 31.9 Å². The Morgan fingerprint density at radius 2 is 1.95 bits per heavy atom. The number of rotatable bonds is 6. The zero-order chi connectivity index (χ0) is 14.4. The molecule has 0 aromatic carbocycles. The topological polar surface area (TPSA) is 33.2 Å². The van der Waals surface area contributed by atoms with E-state index in [1.54, 1.807) is 12.1 Å². The summed E-state index contributed by atoms with van der Waals surface area (Å²) in [6.07, 6.45) is 2.19. The lowest BCUT2D eigenvalue weighted by molar-refractivity contribution is 0.0734. The van der Waals surface area contributed by atoms with E-state index in [2.05, 4.69) is 18.8 Å². The summed E-state index contributed by atoms with van der Waals surface area (Å²) in [6, 6.07) is 3.44. The Labute approximate surface area is 121 Å². The third kappa shape index (κ3) is 4.50. The van der Waals surface area contributed by atoms with Crippen LogP contribution in [0.4, 0.5) is 0 Å². The van der Waals surface area contributed by atoms with E-state index in [-0.39, 0.29) is 5.91 Å². The van der Waals surface area contributed by atoms with Gasteiger partial charge in [-0.15, -0.1) is 0 Å². The standard InChI is InChI=1S/C15H23ClN2O/c1-5-12(6-2)10-18(7-3)15(19)13-8-11(4)17-14(16)9-13/h8-9,12H,5-7,10H2,1-4H3. The molecule has 0 spiro atoms. The van der Waals surface area contributed by atoms with Crippen LogP contribution in [0.3, 0.4) is 0 Å². The Hall–Kier alpha value is -1.09. The van der Waals surface area contributed by atoms with Crippen molar-refractivity contribution in [1.82, 2.24) is 9.88 Å². The number of hydrogen-bond acceptors (Lipinski definition) is 2. The summed E-state index contributed by atoms with van der Waals surface area (Å²) in [4.78, 5) is 18.5. The number of pyridine rings is 1. The fraction of sp³-hybridized carbons (Fsp3) is 0.600. The summed E-state index contributed by atoms with van der Waals surface area (Å²) in [5.74, 6) is 0.601. The van der Waals surface area contributed by atoms with Crippen LogP contribution in [0.5, 0.6) is 0 Å². The van der Waals surface area contributed by atoms with Crippen molar-refractivity contribution in [3.8, 4) is 0 Å². The van der Waals surface area contributed by atoms with Crippen molar-refractivity contribution in [1.29, 1.82) is 0 Å². The van der Waals surface area contributed by atoms with Gasteiger partial charge in [0.2, 0.25) is 0 Å². The molecule has 0 saturated carbocycles. The third-order valence-electron chi connectivity index (χ3n) is 3.47. The van der Waals surface area contributed by atoms with Crippen LogP contribution >= 0.6 is 11.6 Å². The van der Waals surface area contributed by atoms with Gasteiger partial charge in [0.1, 0.15) is 5.15 Å². The highest BCUT2D eigenvalue weighted by atomic mass is 35.5. The van der Waals surface area contributed by atoms with E-state index in [1.807, 2.05) is 18.7 Å². The van der Waals surface area contributed by atoms with E-state index in [0.717, 1.165) is 25.1 Å². The molecule has 0 fully saturated rings.